The number of nitrogens with zero attached hydrogens (tertiary/aromatic N) is 2. The van der Waals surface area contributed by atoms with Crippen molar-refractivity contribution in [2.24, 2.45) is 5.16 Å². The molecule has 0 radical (unpaired) electrons. The molecule has 0 aromatic rings. The number of hydrogen-bond donors (Lipinski definition) is 1. The SMILES string of the molecule is CN1[CH-]CC(=NO)C[CH-]1.[W+2]. The van der Waals surface area contributed by atoms with Crippen LogP contribution < -0.4 is 0 Å². The van der Waals surface area contributed by atoms with Gasteiger partial charge in [0, 0.05) is 5.71 Å². The third-order valence-corrected chi connectivity index (χ3v) is 1.37. The molecular weight excluding hydrogens is 300 g/mol. The topological polar surface area (TPSA) is 35.8 Å². The molecule has 0 atom stereocenters. The van der Waals surface area contributed by atoms with Gasteiger partial charge in [-0.25, -0.2) is 0 Å². The molecule has 0 unspecified atom stereocenters. The summed E-state index contributed by atoms with van der Waals surface area (Å²) in [5.41, 5.74) is 0.827. The van der Waals surface area contributed by atoms with E-state index in [0.717, 1.165) is 18.6 Å². The Bertz CT molecular complexity index is 117. The fourth-order valence-corrected chi connectivity index (χ4v) is 0.738. The summed E-state index contributed by atoms with van der Waals surface area (Å²) >= 11 is 0. The molecule has 0 aromatic heterocycles. The van der Waals surface area contributed by atoms with Crippen molar-refractivity contribution in [1.29, 1.82) is 0 Å². The molecule has 0 aliphatic carbocycles. The first-order valence-electron chi connectivity index (χ1n) is 2.91. The fourth-order valence-electron chi connectivity index (χ4n) is 0.738. The van der Waals surface area contributed by atoms with Gasteiger partial charge in [0.15, 0.2) is 0 Å². The van der Waals surface area contributed by atoms with Crippen LogP contribution in [0.5, 0.6) is 0 Å². The van der Waals surface area contributed by atoms with Crippen molar-refractivity contribution in [1.82, 2.24) is 4.90 Å². The Kier molecular flexibility index (Phi) is 4.92. The average molecular weight is 310 g/mol. The Morgan fingerprint density at radius 3 is 2.40 bits per heavy atom. The number of rotatable bonds is 0. The first-order valence-corrected chi connectivity index (χ1v) is 2.91. The van der Waals surface area contributed by atoms with Gasteiger partial charge in [-0.3, -0.25) is 13.1 Å². The molecule has 1 fully saturated rings. The van der Waals surface area contributed by atoms with Gasteiger partial charge in [0.25, 0.3) is 0 Å². The molecule has 1 saturated heterocycles. The predicted octanol–water partition coefficient (Wildman–Crippen LogP) is 0.863. The Hall–Kier alpha value is 0.118. The minimum absolute atomic E-state index is 0. The van der Waals surface area contributed by atoms with Gasteiger partial charge in [-0.2, -0.15) is 0 Å². The van der Waals surface area contributed by atoms with Crippen LogP contribution in [0.15, 0.2) is 5.16 Å². The summed E-state index contributed by atoms with van der Waals surface area (Å²) < 4.78 is 0. The van der Waals surface area contributed by atoms with Crippen molar-refractivity contribution in [2.75, 3.05) is 7.05 Å². The maximum atomic E-state index is 8.31. The van der Waals surface area contributed by atoms with E-state index in [9.17, 15) is 0 Å². The molecule has 0 spiro atoms. The molecule has 0 saturated carbocycles. The summed E-state index contributed by atoms with van der Waals surface area (Å²) in [7, 11) is 1.97. The number of hydrogen-bond acceptors (Lipinski definition) is 3. The van der Waals surface area contributed by atoms with Crippen LogP contribution in [-0.2, 0) is 21.1 Å². The van der Waals surface area contributed by atoms with E-state index >= 15 is 0 Å². The minimum Gasteiger partial charge on any atom is -0.607 e. The van der Waals surface area contributed by atoms with Crippen LogP contribution >= 0.6 is 0 Å². The second-order valence-electron chi connectivity index (χ2n) is 2.11. The molecule has 3 nitrogen and oxygen atoms in total. The molecule has 0 bridgehead atoms. The zero-order chi connectivity index (χ0) is 6.69. The fraction of sp³-hybridized carbons (Fsp3) is 0.500. The third-order valence-electron chi connectivity index (χ3n) is 1.37. The summed E-state index contributed by atoms with van der Waals surface area (Å²) in [4.78, 5) is 1.98. The van der Waals surface area contributed by atoms with Crippen molar-refractivity contribution in [3.05, 3.63) is 13.1 Å². The zero-order valence-corrected chi connectivity index (χ0v) is 8.75. The zero-order valence-electron chi connectivity index (χ0n) is 5.82. The van der Waals surface area contributed by atoms with Crippen molar-refractivity contribution in [3.63, 3.8) is 0 Å². The van der Waals surface area contributed by atoms with Gasteiger partial charge in [0.2, 0.25) is 0 Å². The van der Waals surface area contributed by atoms with E-state index in [4.69, 9.17) is 5.21 Å². The van der Waals surface area contributed by atoms with Crippen LogP contribution in [0.25, 0.3) is 0 Å². The smallest absolute Gasteiger partial charge is 0.607 e. The van der Waals surface area contributed by atoms with Gasteiger partial charge in [0.1, 0.15) is 0 Å². The van der Waals surface area contributed by atoms with Crippen LogP contribution in [0.4, 0.5) is 0 Å². The van der Waals surface area contributed by atoms with Crippen molar-refractivity contribution in [2.45, 2.75) is 12.8 Å². The predicted molar refractivity (Wildman–Crippen MR) is 34.8 cm³/mol. The first-order chi connectivity index (χ1) is 4.33. The van der Waals surface area contributed by atoms with Gasteiger partial charge in [-0.1, -0.05) is 7.05 Å². The Morgan fingerprint density at radius 1 is 1.50 bits per heavy atom. The van der Waals surface area contributed by atoms with Gasteiger partial charge >= 0.3 is 21.1 Å². The van der Waals surface area contributed by atoms with Gasteiger partial charge < -0.3 is 10.1 Å². The molecule has 1 rings (SSSR count). The number of likely N-dealkylation sites (tertiary alicyclic amines) is 1. The molecule has 4 heteroatoms. The van der Waals surface area contributed by atoms with E-state index in [1.807, 2.05) is 25.0 Å². The van der Waals surface area contributed by atoms with E-state index in [-0.39, 0.29) is 21.1 Å². The summed E-state index contributed by atoms with van der Waals surface area (Å²) in [5, 5.41) is 11.4. The Morgan fingerprint density at radius 2 is 2.00 bits per heavy atom. The van der Waals surface area contributed by atoms with Crippen LogP contribution in [0.2, 0.25) is 0 Å². The van der Waals surface area contributed by atoms with Gasteiger partial charge in [-0.15, -0.1) is 18.0 Å². The molecule has 56 valence electrons. The van der Waals surface area contributed by atoms with Gasteiger partial charge in [0.05, 0.1) is 0 Å². The van der Waals surface area contributed by atoms with E-state index in [1.54, 1.807) is 0 Å². The molecule has 10 heavy (non-hydrogen) atoms. The maximum Gasteiger partial charge on any atom is 2.00 e. The summed E-state index contributed by atoms with van der Waals surface area (Å²) in [6.07, 6.45) is 1.53. The molecule has 1 aliphatic heterocycles. The van der Waals surface area contributed by atoms with Crippen LogP contribution in [0.3, 0.4) is 0 Å². The summed E-state index contributed by atoms with van der Waals surface area (Å²) in [6.45, 7) is 3.94. The molecule has 0 aromatic carbocycles. The summed E-state index contributed by atoms with van der Waals surface area (Å²) in [6, 6.07) is 0. The molecule has 0 amide bonds. The third kappa shape index (κ3) is 2.80. The average Bonchev–Trinajstić information content (AvgIpc) is 1.90. The normalized spacial score (nSPS) is 19.9. The second-order valence-corrected chi connectivity index (χ2v) is 2.11. The van der Waals surface area contributed by atoms with Crippen LogP contribution in [0.1, 0.15) is 12.8 Å². The van der Waals surface area contributed by atoms with Gasteiger partial charge in [-0.05, 0) is 0 Å². The standard InChI is InChI=1S/C6H10N2O.W/c1-8-4-2-6(7-9)3-5-8;/h4-5,9H,2-3H2,1H3;/q-2;+2. The van der Waals surface area contributed by atoms with E-state index < -0.39 is 0 Å². The van der Waals surface area contributed by atoms with Crippen LogP contribution in [0, 0.1) is 13.1 Å². The van der Waals surface area contributed by atoms with E-state index in [1.165, 1.54) is 0 Å². The van der Waals surface area contributed by atoms with Crippen molar-refractivity contribution >= 4 is 5.71 Å². The Labute approximate surface area is 75.3 Å². The number of oxime groups is 1. The quantitative estimate of drug-likeness (QED) is 0.409. The van der Waals surface area contributed by atoms with E-state index in [0.29, 0.717) is 0 Å². The minimum atomic E-state index is 0. The maximum absolute atomic E-state index is 8.31. The largest absolute Gasteiger partial charge is 2.00 e. The molecule has 1 N–H and O–H groups in total. The van der Waals surface area contributed by atoms with Crippen molar-refractivity contribution in [3.8, 4) is 0 Å². The molecular formula is C6H10N2OW. The molecule has 1 aliphatic rings. The number of piperidine rings is 1. The second kappa shape index (κ2) is 4.86. The van der Waals surface area contributed by atoms with E-state index in [2.05, 4.69) is 5.16 Å². The monoisotopic (exact) mass is 310 g/mol. The molecule has 1 heterocycles. The van der Waals surface area contributed by atoms with Crippen LogP contribution in [-0.4, -0.2) is 22.9 Å². The first kappa shape index (κ1) is 10.1. The summed E-state index contributed by atoms with van der Waals surface area (Å²) in [5.74, 6) is 0. The van der Waals surface area contributed by atoms with Crippen molar-refractivity contribution < 1.29 is 26.3 Å². The Balaban J connectivity index is 0.000000810.